The highest BCUT2D eigenvalue weighted by Gasteiger charge is 2.31. The Hall–Kier alpha value is -3.06. The fourth-order valence-corrected chi connectivity index (χ4v) is 4.57. The van der Waals surface area contributed by atoms with Gasteiger partial charge in [0.25, 0.3) is 0 Å². The molecule has 0 aliphatic carbocycles. The van der Waals surface area contributed by atoms with E-state index in [0.717, 1.165) is 0 Å². The van der Waals surface area contributed by atoms with Crippen LogP contribution in [0.1, 0.15) is 27.6 Å². The van der Waals surface area contributed by atoms with Gasteiger partial charge in [0.15, 0.2) is 17.3 Å². The van der Waals surface area contributed by atoms with Crippen LogP contribution < -0.4 is 19.3 Å². The number of carboxylic acid groups (broad SMARTS) is 1. The van der Waals surface area contributed by atoms with Crippen LogP contribution in [0.3, 0.4) is 0 Å². The van der Waals surface area contributed by atoms with Gasteiger partial charge in [-0.25, -0.2) is 18.4 Å². The zero-order valence-corrected chi connectivity index (χ0v) is 23.7. The van der Waals surface area contributed by atoms with Gasteiger partial charge in [-0.3, -0.25) is 0 Å². The maximum atomic E-state index is 14.0. The number of fused-ring (bicyclic) bond motifs is 2. The Morgan fingerprint density at radius 2 is 1.48 bits per heavy atom. The van der Waals surface area contributed by atoms with Crippen LogP contribution in [-0.2, 0) is 14.2 Å². The van der Waals surface area contributed by atoms with E-state index in [1.807, 2.05) is 9.80 Å². The van der Waals surface area contributed by atoms with Crippen LogP contribution in [0.5, 0.6) is 11.5 Å². The number of hydrogen-bond donors (Lipinski definition) is 1. The summed E-state index contributed by atoms with van der Waals surface area (Å²) >= 11 is 11.7. The summed E-state index contributed by atoms with van der Waals surface area (Å²) in [5.41, 5.74) is 0.385. The van der Waals surface area contributed by atoms with Crippen LogP contribution in [0.4, 0.5) is 20.2 Å². The van der Waals surface area contributed by atoms with Gasteiger partial charge >= 0.3 is 11.9 Å². The highest BCUT2D eigenvalue weighted by molar-refractivity contribution is 6.34. The van der Waals surface area contributed by atoms with Crippen molar-refractivity contribution in [2.24, 2.45) is 0 Å². The Morgan fingerprint density at radius 3 is 1.98 bits per heavy atom. The quantitative estimate of drug-likeness (QED) is 0.409. The SMILES string of the molecule is CCOC(=O)c1c(Cl)c(F)cc2c1OCCN2CCOC.COCCN1CCOc2c1cc(Cl)c(F)c2C(=O)O. The molecule has 0 atom stereocenters. The normalized spacial score (nSPS) is 13.8. The van der Waals surface area contributed by atoms with Gasteiger partial charge < -0.3 is 38.6 Å². The monoisotopic (exact) mass is 606 g/mol. The molecule has 0 amide bonds. The molecule has 40 heavy (non-hydrogen) atoms. The molecule has 2 aliphatic heterocycles. The van der Waals surface area contributed by atoms with E-state index in [1.54, 1.807) is 21.1 Å². The molecule has 4 rings (SSSR count). The van der Waals surface area contributed by atoms with Crippen molar-refractivity contribution in [1.29, 1.82) is 0 Å². The maximum Gasteiger partial charge on any atom is 0.343 e. The van der Waals surface area contributed by atoms with E-state index in [9.17, 15) is 18.4 Å². The minimum absolute atomic E-state index is 0.0248. The number of benzene rings is 2. The third-order valence-electron chi connectivity index (χ3n) is 6.03. The van der Waals surface area contributed by atoms with Crippen molar-refractivity contribution in [3.63, 3.8) is 0 Å². The van der Waals surface area contributed by atoms with Crippen molar-refractivity contribution in [2.75, 3.05) is 83.2 Å². The number of ether oxygens (including phenoxy) is 5. The Labute approximate surface area is 240 Å². The van der Waals surface area contributed by atoms with E-state index in [4.69, 9.17) is 52.0 Å². The molecule has 0 saturated heterocycles. The molecule has 14 heteroatoms. The summed E-state index contributed by atoms with van der Waals surface area (Å²) < 4.78 is 53.6. The first-order valence-corrected chi connectivity index (χ1v) is 13.1. The summed E-state index contributed by atoms with van der Waals surface area (Å²) in [5, 5.41) is 8.58. The lowest BCUT2D eigenvalue weighted by Crippen LogP contribution is -2.36. The molecule has 0 saturated carbocycles. The van der Waals surface area contributed by atoms with E-state index >= 15 is 0 Å². The second-order valence-electron chi connectivity index (χ2n) is 8.47. The van der Waals surface area contributed by atoms with Crippen LogP contribution in [-0.4, -0.2) is 90.5 Å². The Kier molecular flexibility index (Phi) is 11.4. The molecule has 0 radical (unpaired) electrons. The third-order valence-corrected chi connectivity index (χ3v) is 6.67. The van der Waals surface area contributed by atoms with Gasteiger partial charge in [0, 0.05) is 33.4 Å². The zero-order chi connectivity index (χ0) is 29.4. The van der Waals surface area contributed by atoms with Crippen molar-refractivity contribution in [3.8, 4) is 11.5 Å². The van der Waals surface area contributed by atoms with Gasteiger partial charge in [-0.2, -0.15) is 0 Å². The van der Waals surface area contributed by atoms with Crippen molar-refractivity contribution in [2.45, 2.75) is 6.92 Å². The number of carbonyl (C=O) groups excluding carboxylic acids is 1. The van der Waals surface area contributed by atoms with E-state index in [1.165, 1.54) is 12.1 Å². The second kappa shape index (κ2) is 14.5. The van der Waals surface area contributed by atoms with Gasteiger partial charge in [0.05, 0.1) is 54.3 Å². The third kappa shape index (κ3) is 6.98. The first kappa shape index (κ1) is 31.5. The Bertz CT molecular complexity index is 1230. The van der Waals surface area contributed by atoms with E-state index in [2.05, 4.69) is 0 Å². The van der Waals surface area contributed by atoms with Crippen LogP contribution in [0.15, 0.2) is 12.1 Å². The summed E-state index contributed by atoms with van der Waals surface area (Å²) in [5.74, 6) is -3.44. The van der Waals surface area contributed by atoms with Gasteiger partial charge in [-0.05, 0) is 13.0 Å². The van der Waals surface area contributed by atoms with Crippen LogP contribution >= 0.6 is 23.2 Å². The lowest BCUT2D eigenvalue weighted by atomic mass is 10.1. The molecular formula is C26H30Cl2F2N2O8. The number of aromatic carboxylic acids is 1. The number of nitrogens with zero attached hydrogens (tertiary/aromatic N) is 2. The van der Waals surface area contributed by atoms with E-state index in [-0.39, 0.29) is 40.3 Å². The number of halogens is 4. The average molecular weight is 607 g/mol. The van der Waals surface area contributed by atoms with Gasteiger partial charge in [-0.15, -0.1) is 0 Å². The molecular weight excluding hydrogens is 577 g/mol. The van der Waals surface area contributed by atoms with Crippen molar-refractivity contribution < 1.29 is 47.2 Å². The number of carboxylic acids is 1. The maximum absolute atomic E-state index is 14.0. The van der Waals surface area contributed by atoms with Crippen LogP contribution in [0.25, 0.3) is 0 Å². The molecule has 0 fully saturated rings. The molecule has 2 aromatic rings. The summed E-state index contributed by atoms with van der Waals surface area (Å²) in [6, 6.07) is 2.66. The predicted molar refractivity (Wildman–Crippen MR) is 145 cm³/mol. The molecule has 2 aliphatic rings. The predicted octanol–water partition coefficient (Wildman–Crippen LogP) is 4.52. The summed E-state index contributed by atoms with van der Waals surface area (Å²) in [6.07, 6.45) is 0. The molecule has 220 valence electrons. The number of carbonyl (C=O) groups is 2. The second-order valence-corrected chi connectivity index (χ2v) is 9.26. The number of esters is 1. The smallest absolute Gasteiger partial charge is 0.343 e. The number of hydrogen-bond acceptors (Lipinski definition) is 9. The first-order valence-electron chi connectivity index (χ1n) is 12.3. The standard InChI is InChI=1S/C14H17ClFNO4.C12H13ClFNO4/c1-3-20-14(18)11-12(15)9(16)8-10-13(11)21-7-5-17(10)4-6-19-2;1-18-4-2-15-3-5-19-11-8(15)6-7(13)10(14)9(11)12(16)17/h8H,3-7H2,1-2H3;6H,2-5H2,1H3,(H,16,17). The number of anilines is 2. The lowest BCUT2D eigenvalue weighted by molar-refractivity contribution is 0.0520. The molecule has 10 nitrogen and oxygen atoms in total. The molecule has 2 heterocycles. The zero-order valence-electron chi connectivity index (χ0n) is 22.2. The highest BCUT2D eigenvalue weighted by Crippen LogP contribution is 2.41. The molecule has 2 aromatic carbocycles. The molecule has 0 bridgehead atoms. The molecule has 0 spiro atoms. The summed E-state index contributed by atoms with van der Waals surface area (Å²) in [4.78, 5) is 26.9. The van der Waals surface area contributed by atoms with E-state index in [0.29, 0.717) is 57.4 Å². The fourth-order valence-electron chi connectivity index (χ4n) is 4.15. The Morgan fingerprint density at radius 1 is 0.950 bits per heavy atom. The lowest BCUT2D eigenvalue weighted by Gasteiger charge is -2.32. The van der Waals surface area contributed by atoms with E-state index < -0.39 is 29.1 Å². The molecule has 1 N–H and O–H groups in total. The summed E-state index contributed by atoms with van der Waals surface area (Å²) in [6.45, 7) is 5.73. The minimum atomic E-state index is -1.40. The van der Waals surface area contributed by atoms with Crippen molar-refractivity contribution in [1.82, 2.24) is 0 Å². The van der Waals surface area contributed by atoms with Crippen molar-refractivity contribution in [3.05, 3.63) is 44.9 Å². The summed E-state index contributed by atoms with van der Waals surface area (Å²) in [7, 11) is 3.16. The topological polar surface area (TPSA) is 107 Å². The fraction of sp³-hybridized carbons (Fsp3) is 0.462. The highest BCUT2D eigenvalue weighted by atomic mass is 35.5. The van der Waals surface area contributed by atoms with Gasteiger partial charge in [0.1, 0.15) is 30.2 Å². The number of rotatable bonds is 9. The van der Waals surface area contributed by atoms with Gasteiger partial charge in [-0.1, -0.05) is 23.2 Å². The first-order chi connectivity index (χ1) is 19.2. The largest absolute Gasteiger partial charge is 0.489 e. The molecule has 0 aromatic heterocycles. The van der Waals surface area contributed by atoms with Crippen LogP contribution in [0, 0.1) is 11.6 Å². The minimum Gasteiger partial charge on any atom is -0.489 e. The molecule has 0 unspecified atom stereocenters. The number of methoxy groups -OCH3 is 2. The van der Waals surface area contributed by atoms with Crippen molar-refractivity contribution >= 4 is 46.5 Å². The van der Waals surface area contributed by atoms with Crippen LogP contribution in [0.2, 0.25) is 10.0 Å². The van der Waals surface area contributed by atoms with Gasteiger partial charge in [0.2, 0.25) is 0 Å². The average Bonchev–Trinajstić information content (AvgIpc) is 2.92. The Balaban J connectivity index is 0.000000222.